The zero-order valence-corrected chi connectivity index (χ0v) is 9.44. The van der Waals surface area contributed by atoms with Crippen molar-refractivity contribution < 1.29 is 0 Å². The Balaban J connectivity index is 3.21. The summed E-state index contributed by atoms with van der Waals surface area (Å²) in [5, 5.41) is 8.03. The van der Waals surface area contributed by atoms with E-state index in [1.165, 1.54) is 0 Å². The number of halogens is 2. The molecule has 0 spiro atoms. The van der Waals surface area contributed by atoms with Gasteiger partial charge >= 0.3 is 0 Å². The Kier molecular flexibility index (Phi) is 3.29. The predicted octanol–water partition coefficient (Wildman–Crippen LogP) is 2.63. The van der Waals surface area contributed by atoms with E-state index in [9.17, 15) is 0 Å². The lowest BCUT2D eigenvalue weighted by atomic mass is 10.1. The molecule has 1 rings (SSSR count). The van der Waals surface area contributed by atoms with Crippen LogP contribution >= 0.6 is 31.9 Å². The van der Waals surface area contributed by atoms with Gasteiger partial charge in [-0.1, -0.05) is 37.9 Å². The Morgan fingerprint density at radius 2 is 2.17 bits per heavy atom. The van der Waals surface area contributed by atoms with Crippen molar-refractivity contribution in [2.75, 3.05) is 0 Å². The van der Waals surface area contributed by atoms with Gasteiger partial charge in [0.1, 0.15) is 5.84 Å². The molecular formula is C8H8Br2N2. The van der Waals surface area contributed by atoms with Crippen LogP contribution in [-0.2, 0) is 5.33 Å². The molecule has 0 unspecified atom stereocenters. The fourth-order valence-electron chi connectivity index (χ4n) is 0.916. The smallest absolute Gasteiger partial charge is 0.123 e. The molecular weight excluding hydrogens is 284 g/mol. The maximum Gasteiger partial charge on any atom is 0.123 e. The Morgan fingerprint density at radius 1 is 1.50 bits per heavy atom. The summed E-state index contributed by atoms with van der Waals surface area (Å²) >= 11 is 6.66. The second-order valence-electron chi connectivity index (χ2n) is 2.35. The van der Waals surface area contributed by atoms with Crippen LogP contribution in [0.3, 0.4) is 0 Å². The van der Waals surface area contributed by atoms with Crippen molar-refractivity contribution in [3.05, 3.63) is 33.8 Å². The topological polar surface area (TPSA) is 49.9 Å². The van der Waals surface area contributed by atoms with E-state index in [0.29, 0.717) is 0 Å². The maximum atomic E-state index is 7.31. The second kappa shape index (κ2) is 4.05. The number of hydrogen-bond donors (Lipinski definition) is 2. The van der Waals surface area contributed by atoms with Gasteiger partial charge in [-0.25, -0.2) is 0 Å². The van der Waals surface area contributed by atoms with Gasteiger partial charge in [-0.05, 0) is 17.7 Å². The first-order valence-corrected chi connectivity index (χ1v) is 5.25. The van der Waals surface area contributed by atoms with E-state index in [2.05, 4.69) is 31.9 Å². The van der Waals surface area contributed by atoms with Gasteiger partial charge in [0, 0.05) is 15.4 Å². The van der Waals surface area contributed by atoms with Crippen molar-refractivity contribution in [2.45, 2.75) is 5.33 Å². The third kappa shape index (κ3) is 2.08. The van der Waals surface area contributed by atoms with Gasteiger partial charge in [0.15, 0.2) is 0 Å². The number of amidine groups is 1. The van der Waals surface area contributed by atoms with Crippen molar-refractivity contribution in [3.8, 4) is 0 Å². The summed E-state index contributed by atoms with van der Waals surface area (Å²) in [5.74, 6) is 0.103. The zero-order chi connectivity index (χ0) is 9.14. The largest absolute Gasteiger partial charge is 0.384 e. The Morgan fingerprint density at radius 3 is 2.67 bits per heavy atom. The number of nitrogens with two attached hydrogens (primary N) is 1. The Bertz CT molecular complexity index is 310. The quantitative estimate of drug-likeness (QED) is 0.491. The minimum atomic E-state index is 0.103. The van der Waals surface area contributed by atoms with Crippen LogP contribution in [-0.4, -0.2) is 5.84 Å². The highest BCUT2D eigenvalue weighted by molar-refractivity contribution is 9.10. The lowest BCUT2D eigenvalue weighted by molar-refractivity contribution is 1.34. The van der Waals surface area contributed by atoms with Crippen LogP contribution in [0.5, 0.6) is 0 Å². The minimum Gasteiger partial charge on any atom is -0.384 e. The number of hydrogen-bond acceptors (Lipinski definition) is 1. The number of nitrogen functional groups attached to an aromatic ring is 1. The van der Waals surface area contributed by atoms with E-state index < -0.39 is 0 Å². The standard InChI is InChI=1S/C8H8Br2N2/c9-4-5-1-2-6(10)3-7(5)8(11)12/h1-3H,4H2,(H3,11,12). The molecule has 0 aromatic heterocycles. The molecule has 2 nitrogen and oxygen atoms in total. The van der Waals surface area contributed by atoms with Gasteiger partial charge in [0.2, 0.25) is 0 Å². The first-order chi connectivity index (χ1) is 5.65. The van der Waals surface area contributed by atoms with Gasteiger partial charge in [-0.15, -0.1) is 0 Å². The lowest BCUT2D eigenvalue weighted by Crippen LogP contribution is -2.13. The van der Waals surface area contributed by atoms with Crippen LogP contribution in [0, 0.1) is 5.41 Å². The molecule has 0 saturated carbocycles. The van der Waals surface area contributed by atoms with Crippen LogP contribution in [0.25, 0.3) is 0 Å². The average molecular weight is 292 g/mol. The molecule has 0 bridgehead atoms. The first kappa shape index (κ1) is 9.74. The van der Waals surface area contributed by atoms with Crippen LogP contribution in [0.1, 0.15) is 11.1 Å². The maximum absolute atomic E-state index is 7.31. The van der Waals surface area contributed by atoms with Crippen LogP contribution in [0.2, 0.25) is 0 Å². The Labute approximate surface area is 87.9 Å². The van der Waals surface area contributed by atoms with Crippen molar-refractivity contribution in [3.63, 3.8) is 0 Å². The highest BCUT2D eigenvalue weighted by atomic mass is 79.9. The van der Waals surface area contributed by atoms with Gasteiger partial charge in [0.05, 0.1) is 0 Å². The number of rotatable bonds is 2. The molecule has 0 amide bonds. The Hall–Kier alpha value is -0.350. The van der Waals surface area contributed by atoms with E-state index in [4.69, 9.17) is 11.1 Å². The molecule has 0 aliphatic carbocycles. The molecule has 12 heavy (non-hydrogen) atoms. The second-order valence-corrected chi connectivity index (χ2v) is 3.83. The van der Waals surface area contributed by atoms with Crippen LogP contribution in [0.4, 0.5) is 0 Å². The van der Waals surface area contributed by atoms with Crippen molar-refractivity contribution >= 4 is 37.7 Å². The minimum absolute atomic E-state index is 0.103. The molecule has 0 fully saturated rings. The zero-order valence-electron chi connectivity index (χ0n) is 6.27. The number of nitrogens with one attached hydrogen (secondary N) is 1. The highest BCUT2D eigenvalue weighted by Crippen LogP contribution is 2.18. The molecule has 1 aromatic carbocycles. The number of alkyl halides is 1. The van der Waals surface area contributed by atoms with Gasteiger partial charge in [-0.2, -0.15) is 0 Å². The monoisotopic (exact) mass is 290 g/mol. The summed E-state index contributed by atoms with van der Waals surface area (Å²) in [4.78, 5) is 0. The molecule has 0 heterocycles. The third-order valence-electron chi connectivity index (χ3n) is 1.51. The van der Waals surface area contributed by atoms with Gasteiger partial charge in [0.25, 0.3) is 0 Å². The van der Waals surface area contributed by atoms with Crippen molar-refractivity contribution in [2.24, 2.45) is 5.73 Å². The molecule has 0 atom stereocenters. The van der Waals surface area contributed by atoms with Gasteiger partial charge in [-0.3, -0.25) is 5.41 Å². The fourth-order valence-corrected chi connectivity index (χ4v) is 1.77. The molecule has 3 N–H and O–H groups in total. The lowest BCUT2D eigenvalue weighted by Gasteiger charge is -2.04. The molecule has 4 heteroatoms. The summed E-state index contributed by atoms with van der Waals surface area (Å²) in [6, 6.07) is 5.72. The van der Waals surface area contributed by atoms with Crippen LogP contribution < -0.4 is 5.73 Å². The summed E-state index contributed by atoms with van der Waals surface area (Å²) in [6.45, 7) is 0. The number of benzene rings is 1. The van der Waals surface area contributed by atoms with E-state index in [0.717, 1.165) is 20.9 Å². The van der Waals surface area contributed by atoms with Gasteiger partial charge < -0.3 is 5.73 Å². The van der Waals surface area contributed by atoms with E-state index >= 15 is 0 Å². The summed E-state index contributed by atoms with van der Waals surface area (Å²) in [7, 11) is 0. The van der Waals surface area contributed by atoms with Crippen molar-refractivity contribution in [1.29, 1.82) is 5.41 Å². The summed E-state index contributed by atoms with van der Waals surface area (Å²) in [6.07, 6.45) is 0. The molecule has 0 radical (unpaired) electrons. The highest BCUT2D eigenvalue weighted by Gasteiger charge is 2.03. The first-order valence-electron chi connectivity index (χ1n) is 3.34. The summed E-state index contributed by atoms with van der Waals surface area (Å²) in [5.41, 5.74) is 7.21. The molecule has 0 aliphatic heterocycles. The predicted molar refractivity (Wildman–Crippen MR) is 57.8 cm³/mol. The molecule has 0 aliphatic rings. The molecule has 1 aromatic rings. The van der Waals surface area contributed by atoms with E-state index in [-0.39, 0.29) is 5.84 Å². The molecule has 0 saturated heterocycles. The van der Waals surface area contributed by atoms with E-state index in [1.807, 2.05) is 18.2 Å². The normalized spacial score (nSPS) is 9.83. The molecule has 64 valence electrons. The van der Waals surface area contributed by atoms with E-state index in [1.54, 1.807) is 0 Å². The SMILES string of the molecule is N=C(N)c1cc(Br)ccc1CBr. The fraction of sp³-hybridized carbons (Fsp3) is 0.125. The summed E-state index contributed by atoms with van der Waals surface area (Å²) < 4.78 is 0.942. The third-order valence-corrected chi connectivity index (χ3v) is 2.60. The van der Waals surface area contributed by atoms with Crippen LogP contribution in [0.15, 0.2) is 22.7 Å². The average Bonchev–Trinajstić information content (AvgIpc) is 2.04. The van der Waals surface area contributed by atoms with Crippen molar-refractivity contribution in [1.82, 2.24) is 0 Å².